The van der Waals surface area contributed by atoms with Gasteiger partial charge in [0.25, 0.3) is 0 Å². The van der Waals surface area contributed by atoms with E-state index in [2.05, 4.69) is 37.0 Å². The molecular formula is C18H23N3. The van der Waals surface area contributed by atoms with Gasteiger partial charge in [0.15, 0.2) is 0 Å². The van der Waals surface area contributed by atoms with Gasteiger partial charge in [0, 0.05) is 17.7 Å². The third-order valence-corrected chi connectivity index (χ3v) is 4.44. The zero-order valence-electron chi connectivity index (χ0n) is 12.9. The lowest BCUT2D eigenvalue weighted by atomic mass is 10.0. The van der Waals surface area contributed by atoms with Gasteiger partial charge in [0.1, 0.15) is 11.6 Å². The maximum atomic E-state index is 6.17. The lowest BCUT2D eigenvalue weighted by molar-refractivity contribution is 0.708. The number of hydrogen-bond donors (Lipinski definition) is 1. The minimum Gasteiger partial charge on any atom is -0.383 e. The van der Waals surface area contributed by atoms with Crippen LogP contribution in [0.15, 0.2) is 18.2 Å². The van der Waals surface area contributed by atoms with E-state index in [1.807, 2.05) is 0 Å². The van der Waals surface area contributed by atoms with Crippen LogP contribution in [-0.2, 0) is 19.3 Å². The largest absolute Gasteiger partial charge is 0.383 e. The van der Waals surface area contributed by atoms with Crippen molar-refractivity contribution in [2.45, 2.75) is 52.4 Å². The molecule has 0 spiro atoms. The summed E-state index contributed by atoms with van der Waals surface area (Å²) in [5, 5.41) is 0. The Bertz CT molecular complexity index is 662. The lowest BCUT2D eigenvalue weighted by Crippen LogP contribution is -2.09. The summed E-state index contributed by atoms with van der Waals surface area (Å²) in [7, 11) is 0. The highest BCUT2D eigenvalue weighted by Crippen LogP contribution is 2.23. The molecule has 2 N–H and O–H groups in total. The van der Waals surface area contributed by atoms with E-state index in [1.165, 1.54) is 47.2 Å². The Kier molecular flexibility index (Phi) is 3.91. The minimum atomic E-state index is 0.695. The molecule has 0 saturated heterocycles. The molecule has 0 fully saturated rings. The van der Waals surface area contributed by atoms with E-state index < -0.39 is 0 Å². The number of aromatic nitrogens is 2. The van der Waals surface area contributed by atoms with E-state index in [0.29, 0.717) is 5.82 Å². The quantitative estimate of drug-likeness (QED) is 0.857. The molecule has 0 amide bonds. The van der Waals surface area contributed by atoms with Gasteiger partial charge in [0.05, 0.1) is 0 Å². The summed E-state index contributed by atoms with van der Waals surface area (Å²) in [6.45, 7) is 4.28. The van der Waals surface area contributed by atoms with Crippen LogP contribution in [-0.4, -0.2) is 9.97 Å². The second kappa shape index (κ2) is 5.84. The Labute approximate surface area is 126 Å². The van der Waals surface area contributed by atoms with Crippen molar-refractivity contribution in [2.75, 3.05) is 5.73 Å². The van der Waals surface area contributed by atoms with E-state index in [9.17, 15) is 0 Å². The topological polar surface area (TPSA) is 51.8 Å². The average molecular weight is 281 g/mol. The summed E-state index contributed by atoms with van der Waals surface area (Å²) < 4.78 is 0. The van der Waals surface area contributed by atoms with Gasteiger partial charge in [0.2, 0.25) is 0 Å². The van der Waals surface area contributed by atoms with Crippen LogP contribution in [0.2, 0.25) is 0 Å². The summed E-state index contributed by atoms with van der Waals surface area (Å²) in [6, 6.07) is 6.55. The number of aryl methyl sites for hydroxylation is 3. The second-order valence-electron chi connectivity index (χ2n) is 6.11. The molecule has 1 aliphatic carbocycles. The first-order chi connectivity index (χ1) is 10.1. The van der Waals surface area contributed by atoms with Gasteiger partial charge in [-0.25, -0.2) is 9.97 Å². The Morgan fingerprint density at radius 3 is 2.62 bits per heavy atom. The molecule has 110 valence electrons. The molecular weight excluding hydrogens is 258 g/mol. The number of rotatable bonds is 2. The standard InChI is InChI=1S/C18H23N3/c1-12-8-9-14(10-13(12)2)11-17-20-16-7-5-3-4-6-15(16)18(19)21-17/h8-10H,3-7,11H2,1-2H3,(H2,19,20,21). The van der Waals surface area contributed by atoms with Gasteiger partial charge >= 0.3 is 0 Å². The molecule has 0 atom stereocenters. The Hall–Kier alpha value is -1.90. The number of benzene rings is 1. The molecule has 0 bridgehead atoms. The Morgan fingerprint density at radius 1 is 1.00 bits per heavy atom. The first-order valence-electron chi connectivity index (χ1n) is 7.84. The molecule has 1 aliphatic rings. The fourth-order valence-corrected chi connectivity index (χ4v) is 3.03. The second-order valence-corrected chi connectivity index (χ2v) is 6.11. The summed E-state index contributed by atoms with van der Waals surface area (Å²) in [5.41, 5.74) is 12.4. The van der Waals surface area contributed by atoms with E-state index in [1.54, 1.807) is 0 Å². The Morgan fingerprint density at radius 2 is 1.81 bits per heavy atom. The van der Waals surface area contributed by atoms with Crippen LogP contribution < -0.4 is 5.73 Å². The van der Waals surface area contributed by atoms with Crippen molar-refractivity contribution in [3.63, 3.8) is 0 Å². The molecule has 0 saturated carbocycles. The molecule has 2 aromatic rings. The number of hydrogen-bond acceptors (Lipinski definition) is 3. The van der Waals surface area contributed by atoms with Gasteiger partial charge in [-0.05, 0) is 56.2 Å². The third kappa shape index (κ3) is 3.07. The van der Waals surface area contributed by atoms with Gasteiger partial charge in [-0.2, -0.15) is 0 Å². The number of nitrogen functional groups attached to an aromatic ring is 1. The van der Waals surface area contributed by atoms with Crippen molar-refractivity contribution >= 4 is 5.82 Å². The number of anilines is 1. The molecule has 3 nitrogen and oxygen atoms in total. The minimum absolute atomic E-state index is 0.695. The number of nitrogens with two attached hydrogens (primary N) is 1. The smallest absolute Gasteiger partial charge is 0.135 e. The SMILES string of the molecule is Cc1ccc(Cc2nc(N)c3c(n2)CCCCC3)cc1C. The fraction of sp³-hybridized carbons (Fsp3) is 0.444. The van der Waals surface area contributed by atoms with Crippen LogP contribution in [0.1, 0.15) is 53.0 Å². The van der Waals surface area contributed by atoms with E-state index >= 15 is 0 Å². The van der Waals surface area contributed by atoms with Crippen LogP contribution in [0, 0.1) is 13.8 Å². The highest BCUT2D eigenvalue weighted by molar-refractivity contribution is 5.43. The molecule has 0 unspecified atom stereocenters. The average Bonchev–Trinajstić information content (AvgIpc) is 2.69. The third-order valence-electron chi connectivity index (χ3n) is 4.44. The van der Waals surface area contributed by atoms with Crippen LogP contribution in [0.25, 0.3) is 0 Å². The molecule has 0 aliphatic heterocycles. The summed E-state index contributed by atoms with van der Waals surface area (Å²) in [6.07, 6.45) is 6.53. The highest BCUT2D eigenvalue weighted by atomic mass is 15.0. The maximum absolute atomic E-state index is 6.17. The van der Waals surface area contributed by atoms with Crippen molar-refractivity contribution < 1.29 is 0 Å². The normalized spacial score (nSPS) is 14.6. The summed E-state index contributed by atoms with van der Waals surface area (Å²) >= 11 is 0. The van der Waals surface area contributed by atoms with Crippen LogP contribution in [0.4, 0.5) is 5.82 Å². The lowest BCUT2D eigenvalue weighted by Gasteiger charge is -2.11. The first-order valence-corrected chi connectivity index (χ1v) is 7.84. The van der Waals surface area contributed by atoms with Gasteiger partial charge in [-0.15, -0.1) is 0 Å². The first kappa shape index (κ1) is 14.1. The zero-order valence-corrected chi connectivity index (χ0v) is 12.9. The molecule has 21 heavy (non-hydrogen) atoms. The van der Waals surface area contributed by atoms with Crippen LogP contribution in [0.3, 0.4) is 0 Å². The van der Waals surface area contributed by atoms with Crippen molar-refractivity contribution in [3.05, 3.63) is 52.0 Å². The van der Waals surface area contributed by atoms with Crippen molar-refractivity contribution in [1.82, 2.24) is 9.97 Å². The molecule has 1 aromatic heterocycles. The monoisotopic (exact) mass is 281 g/mol. The molecule has 1 aromatic carbocycles. The van der Waals surface area contributed by atoms with Crippen molar-refractivity contribution in [1.29, 1.82) is 0 Å². The van der Waals surface area contributed by atoms with Crippen molar-refractivity contribution in [3.8, 4) is 0 Å². The van der Waals surface area contributed by atoms with E-state index in [4.69, 9.17) is 10.7 Å². The predicted octanol–water partition coefficient (Wildman–Crippen LogP) is 3.54. The molecule has 0 radical (unpaired) electrons. The maximum Gasteiger partial charge on any atom is 0.135 e. The Balaban J connectivity index is 1.90. The summed E-state index contributed by atoms with van der Waals surface area (Å²) in [4.78, 5) is 9.33. The number of nitrogens with zero attached hydrogens (tertiary/aromatic N) is 2. The van der Waals surface area contributed by atoms with E-state index in [-0.39, 0.29) is 0 Å². The molecule has 3 heteroatoms. The molecule has 3 rings (SSSR count). The zero-order chi connectivity index (χ0) is 14.8. The highest BCUT2D eigenvalue weighted by Gasteiger charge is 2.15. The molecule has 1 heterocycles. The van der Waals surface area contributed by atoms with Gasteiger partial charge in [-0.1, -0.05) is 24.6 Å². The predicted molar refractivity (Wildman–Crippen MR) is 86.4 cm³/mol. The van der Waals surface area contributed by atoms with Crippen LogP contribution in [0.5, 0.6) is 0 Å². The van der Waals surface area contributed by atoms with Crippen LogP contribution >= 0.6 is 0 Å². The van der Waals surface area contributed by atoms with Crippen molar-refractivity contribution in [2.24, 2.45) is 0 Å². The van der Waals surface area contributed by atoms with Gasteiger partial charge in [-0.3, -0.25) is 0 Å². The number of fused-ring (bicyclic) bond motifs is 1. The van der Waals surface area contributed by atoms with Gasteiger partial charge < -0.3 is 5.73 Å². The fourth-order valence-electron chi connectivity index (χ4n) is 3.03. The van der Waals surface area contributed by atoms with E-state index in [0.717, 1.165) is 25.1 Å². The summed E-state index contributed by atoms with van der Waals surface area (Å²) in [5.74, 6) is 1.55.